The molecule has 0 aliphatic heterocycles. The topological polar surface area (TPSA) is 29.1 Å². The van der Waals surface area contributed by atoms with E-state index in [1.807, 2.05) is 24.3 Å². The Bertz CT molecular complexity index is 626. The van der Waals surface area contributed by atoms with Crippen molar-refractivity contribution < 1.29 is 4.79 Å². The summed E-state index contributed by atoms with van der Waals surface area (Å²) in [5.74, 6) is -0.139. The first-order valence-corrected chi connectivity index (χ1v) is 8.64. The summed E-state index contributed by atoms with van der Waals surface area (Å²) >= 11 is 12.4. The minimum Gasteiger partial charge on any atom is -0.322 e. The number of carbonyl (C=O) groups excluding carboxylic acids is 1. The lowest BCUT2D eigenvalue weighted by molar-refractivity contribution is 0.102. The maximum absolute atomic E-state index is 12.1. The molecule has 6 heteroatoms. The van der Waals surface area contributed by atoms with Crippen LogP contribution >= 0.6 is 70.4 Å². The van der Waals surface area contributed by atoms with Gasteiger partial charge in [-0.2, -0.15) is 0 Å². The number of nitrogens with one attached hydrogen (secondary N) is 1. The van der Waals surface area contributed by atoms with E-state index in [0.717, 1.165) is 22.7 Å². The highest BCUT2D eigenvalue weighted by atomic mass is 127. The maximum atomic E-state index is 12.1. The first-order valence-electron chi connectivity index (χ1n) is 5.18. The van der Waals surface area contributed by atoms with Crippen LogP contribution in [-0.2, 0) is 0 Å². The highest BCUT2D eigenvalue weighted by Crippen LogP contribution is 2.24. The van der Waals surface area contributed by atoms with Crippen molar-refractivity contribution >= 4 is 82.0 Å². The number of carbonyl (C=O) groups is 1. The molecule has 0 spiro atoms. The van der Waals surface area contributed by atoms with Crippen LogP contribution in [0.4, 0.5) is 5.69 Å². The zero-order chi connectivity index (χ0) is 14.0. The molecular weight excluding hydrogens is 553 g/mol. The van der Waals surface area contributed by atoms with Crippen molar-refractivity contribution in [3.63, 3.8) is 0 Å². The van der Waals surface area contributed by atoms with Crippen molar-refractivity contribution in [2.45, 2.75) is 0 Å². The molecule has 0 bridgehead atoms. The van der Waals surface area contributed by atoms with Crippen LogP contribution in [0.1, 0.15) is 10.4 Å². The van der Waals surface area contributed by atoms with E-state index >= 15 is 0 Å². The summed E-state index contributed by atoms with van der Waals surface area (Å²) in [5, 5.41) is 2.87. The number of hydrogen-bond donors (Lipinski definition) is 1. The van der Waals surface area contributed by atoms with Gasteiger partial charge < -0.3 is 5.32 Å². The molecule has 0 radical (unpaired) electrons. The molecule has 0 aromatic heterocycles. The predicted molar refractivity (Wildman–Crippen MR) is 96.7 cm³/mol. The average molecular weight is 560 g/mol. The van der Waals surface area contributed by atoms with Gasteiger partial charge in [-0.05, 0) is 74.9 Å². The fourth-order valence-electron chi connectivity index (χ4n) is 1.46. The lowest BCUT2D eigenvalue weighted by Crippen LogP contribution is -2.12. The number of halogens is 4. The SMILES string of the molecule is O=C(Nc1ccc(Br)c(I)c1)c1cc(Br)cc(Br)c1. The zero-order valence-corrected chi connectivity index (χ0v) is 16.3. The van der Waals surface area contributed by atoms with Crippen LogP contribution in [0.5, 0.6) is 0 Å². The van der Waals surface area contributed by atoms with Crippen molar-refractivity contribution in [2.24, 2.45) is 0 Å². The maximum Gasteiger partial charge on any atom is 0.255 e. The second-order valence-electron chi connectivity index (χ2n) is 3.74. The van der Waals surface area contributed by atoms with Crippen molar-refractivity contribution in [3.8, 4) is 0 Å². The third-order valence-corrected chi connectivity index (χ3v) is 5.54. The Morgan fingerprint density at radius 3 is 2.21 bits per heavy atom. The van der Waals surface area contributed by atoms with E-state index in [2.05, 4.69) is 75.7 Å². The van der Waals surface area contributed by atoms with E-state index in [0.29, 0.717) is 5.56 Å². The van der Waals surface area contributed by atoms with Gasteiger partial charge in [0.1, 0.15) is 0 Å². The van der Waals surface area contributed by atoms with Crippen LogP contribution in [0.25, 0.3) is 0 Å². The van der Waals surface area contributed by atoms with Gasteiger partial charge in [-0.25, -0.2) is 0 Å². The van der Waals surface area contributed by atoms with Crippen LogP contribution in [-0.4, -0.2) is 5.91 Å². The molecule has 0 atom stereocenters. The summed E-state index contributed by atoms with van der Waals surface area (Å²) in [4.78, 5) is 12.1. The number of hydrogen-bond acceptors (Lipinski definition) is 1. The van der Waals surface area contributed by atoms with Gasteiger partial charge in [0, 0.05) is 28.2 Å². The van der Waals surface area contributed by atoms with Gasteiger partial charge in [-0.1, -0.05) is 31.9 Å². The van der Waals surface area contributed by atoms with E-state index in [4.69, 9.17) is 0 Å². The summed E-state index contributed by atoms with van der Waals surface area (Å²) in [7, 11) is 0. The van der Waals surface area contributed by atoms with Crippen LogP contribution in [0, 0.1) is 3.57 Å². The van der Waals surface area contributed by atoms with Gasteiger partial charge >= 0.3 is 0 Å². The number of benzene rings is 2. The molecule has 0 fully saturated rings. The molecule has 0 saturated carbocycles. The fraction of sp³-hybridized carbons (Fsp3) is 0. The summed E-state index contributed by atoms with van der Waals surface area (Å²) in [6, 6.07) is 11.1. The third-order valence-electron chi connectivity index (χ3n) is 2.30. The number of amides is 1. The quantitative estimate of drug-likeness (QED) is 0.461. The summed E-state index contributed by atoms with van der Waals surface area (Å²) in [6.45, 7) is 0. The largest absolute Gasteiger partial charge is 0.322 e. The number of anilines is 1. The van der Waals surface area contributed by atoms with Crippen molar-refractivity contribution in [1.82, 2.24) is 0 Å². The Hall–Kier alpha value is 0.0800. The van der Waals surface area contributed by atoms with Gasteiger partial charge in [0.2, 0.25) is 0 Å². The Labute approximate surface area is 149 Å². The van der Waals surface area contributed by atoms with Gasteiger partial charge in [0.15, 0.2) is 0 Å². The minimum atomic E-state index is -0.139. The van der Waals surface area contributed by atoms with Gasteiger partial charge in [-0.3, -0.25) is 4.79 Å². The van der Waals surface area contributed by atoms with Crippen LogP contribution in [0.2, 0.25) is 0 Å². The smallest absolute Gasteiger partial charge is 0.255 e. The molecule has 98 valence electrons. The Kier molecular flexibility index (Phi) is 5.45. The lowest BCUT2D eigenvalue weighted by Gasteiger charge is -2.07. The Morgan fingerprint density at radius 2 is 1.63 bits per heavy atom. The third kappa shape index (κ3) is 4.27. The molecule has 2 aromatic rings. The van der Waals surface area contributed by atoms with Crippen molar-refractivity contribution in [1.29, 1.82) is 0 Å². The summed E-state index contributed by atoms with van der Waals surface area (Å²) in [6.07, 6.45) is 0. The zero-order valence-electron chi connectivity index (χ0n) is 9.38. The van der Waals surface area contributed by atoms with E-state index in [-0.39, 0.29) is 5.91 Å². The standard InChI is InChI=1S/C13H7Br3INO/c14-8-3-7(4-9(15)5-8)13(19)18-10-1-2-11(16)12(17)6-10/h1-6H,(H,18,19). The summed E-state index contributed by atoms with van der Waals surface area (Å²) < 4.78 is 3.77. The van der Waals surface area contributed by atoms with Crippen molar-refractivity contribution in [2.75, 3.05) is 5.32 Å². The normalized spacial score (nSPS) is 10.3. The molecule has 2 nitrogen and oxygen atoms in total. The minimum absolute atomic E-state index is 0.139. The highest BCUT2D eigenvalue weighted by Gasteiger charge is 2.08. The summed E-state index contributed by atoms with van der Waals surface area (Å²) in [5.41, 5.74) is 1.37. The first-order chi connectivity index (χ1) is 8.95. The molecule has 0 aliphatic carbocycles. The molecule has 0 saturated heterocycles. The van der Waals surface area contributed by atoms with Crippen molar-refractivity contribution in [3.05, 3.63) is 58.9 Å². The molecule has 2 aromatic carbocycles. The highest BCUT2D eigenvalue weighted by molar-refractivity contribution is 14.1. The van der Waals surface area contributed by atoms with E-state index in [9.17, 15) is 4.79 Å². The molecule has 2 rings (SSSR count). The molecule has 0 unspecified atom stereocenters. The molecule has 19 heavy (non-hydrogen) atoms. The molecular formula is C13H7Br3INO. The predicted octanol–water partition coefficient (Wildman–Crippen LogP) is 5.83. The van der Waals surface area contributed by atoms with E-state index in [1.165, 1.54) is 0 Å². The lowest BCUT2D eigenvalue weighted by atomic mass is 10.2. The molecule has 0 aliphatic rings. The molecule has 0 heterocycles. The molecule has 1 amide bonds. The van der Waals surface area contributed by atoms with Gasteiger partial charge in [0.25, 0.3) is 5.91 Å². The van der Waals surface area contributed by atoms with Gasteiger partial charge in [-0.15, -0.1) is 0 Å². The average Bonchev–Trinajstić information content (AvgIpc) is 2.32. The second kappa shape index (κ2) is 6.69. The van der Waals surface area contributed by atoms with Gasteiger partial charge in [0.05, 0.1) is 0 Å². The van der Waals surface area contributed by atoms with E-state index < -0.39 is 0 Å². The second-order valence-corrected chi connectivity index (χ2v) is 7.59. The van der Waals surface area contributed by atoms with Crippen LogP contribution in [0.15, 0.2) is 49.8 Å². The molecule has 1 N–H and O–H groups in total. The van der Waals surface area contributed by atoms with E-state index in [1.54, 1.807) is 12.1 Å². The van der Waals surface area contributed by atoms with Crippen LogP contribution < -0.4 is 5.32 Å². The Balaban J connectivity index is 2.22. The first kappa shape index (κ1) is 15.5. The number of rotatable bonds is 2. The fourth-order valence-corrected chi connectivity index (χ4v) is 3.52. The monoisotopic (exact) mass is 557 g/mol. The van der Waals surface area contributed by atoms with Crippen LogP contribution in [0.3, 0.4) is 0 Å². The Morgan fingerprint density at radius 1 is 1.00 bits per heavy atom.